The van der Waals surface area contributed by atoms with Gasteiger partial charge in [-0.2, -0.15) is 0 Å². The molecule has 0 aliphatic carbocycles. The Labute approximate surface area is 196 Å². The van der Waals surface area contributed by atoms with E-state index < -0.39 is 0 Å². The molecule has 180 valence electrons. The first-order chi connectivity index (χ1) is 15.9. The number of amides is 1. The third-order valence-electron chi connectivity index (χ3n) is 6.23. The maximum Gasteiger partial charge on any atom is 0.227 e. The number of benzene rings is 2. The van der Waals surface area contributed by atoms with E-state index in [2.05, 4.69) is 18.7 Å². The molecule has 0 aromatic heterocycles. The summed E-state index contributed by atoms with van der Waals surface area (Å²) in [5.41, 5.74) is 2.04. The molecule has 1 fully saturated rings. The molecule has 7 heteroatoms. The van der Waals surface area contributed by atoms with Crippen molar-refractivity contribution in [3.8, 4) is 17.2 Å². The number of ether oxygens (including phenoxy) is 3. The molecule has 2 atom stereocenters. The third-order valence-corrected chi connectivity index (χ3v) is 6.23. The van der Waals surface area contributed by atoms with Gasteiger partial charge in [-0.05, 0) is 48.7 Å². The summed E-state index contributed by atoms with van der Waals surface area (Å²) in [7, 11) is 3.19. The van der Waals surface area contributed by atoms with Crippen molar-refractivity contribution in [3.63, 3.8) is 0 Å². The number of phenols is 1. The van der Waals surface area contributed by atoms with Gasteiger partial charge in [0.15, 0.2) is 11.5 Å². The van der Waals surface area contributed by atoms with E-state index in [4.69, 9.17) is 14.2 Å². The molecule has 0 bridgehead atoms. The SMILES string of the molecule is CCC(C)N(CC1CN(Cc2ccc(O)c(OC)c2)CCO1)C(=O)Cc1ccc(OC)cc1. The Balaban J connectivity index is 1.62. The molecule has 1 N–H and O–H groups in total. The van der Waals surface area contributed by atoms with Crippen molar-refractivity contribution < 1.29 is 24.1 Å². The van der Waals surface area contributed by atoms with Crippen LogP contribution in [0.15, 0.2) is 42.5 Å². The minimum atomic E-state index is -0.0495. The summed E-state index contributed by atoms with van der Waals surface area (Å²) in [5, 5.41) is 9.84. The van der Waals surface area contributed by atoms with Crippen molar-refractivity contribution in [2.45, 2.75) is 45.4 Å². The number of methoxy groups -OCH3 is 2. The number of aromatic hydroxyl groups is 1. The Morgan fingerprint density at radius 3 is 2.58 bits per heavy atom. The zero-order chi connectivity index (χ0) is 23.8. The van der Waals surface area contributed by atoms with Crippen LogP contribution in [0.3, 0.4) is 0 Å². The molecular formula is C26H36N2O5. The molecular weight excluding hydrogens is 420 g/mol. The van der Waals surface area contributed by atoms with Crippen LogP contribution in [0.4, 0.5) is 0 Å². The lowest BCUT2D eigenvalue weighted by molar-refractivity contribution is -0.136. The first kappa shape index (κ1) is 24.9. The van der Waals surface area contributed by atoms with Gasteiger partial charge in [-0.1, -0.05) is 25.1 Å². The molecule has 33 heavy (non-hydrogen) atoms. The first-order valence-electron chi connectivity index (χ1n) is 11.6. The summed E-state index contributed by atoms with van der Waals surface area (Å²) < 4.78 is 16.5. The van der Waals surface area contributed by atoms with E-state index in [-0.39, 0.29) is 23.8 Å². The predicted molar refractivity (Wildman–Crippen MR) is 128 cm³/mol. The number of phenolic OH excluding ortho intramolecular Hbond substituents is 1. The molecule has 0 saturated carbocycles. The van der Waals surface area contributed by atoms with Gasteiger partial charge >= 0.3 is 0 Å². The molecule has 7 nitrogen and oxygen atoms in total. The Morgan fingerprint density at radius 2 is 1.91 bits per heavy atom. The van der Waals surface area contributed by atoms with Crippen LogP contribution >= 0.6 is 0 Å². The van der Waals surface area contributed by atoms with E-state index in [0.717, 1.165) is 42.9 Å². The molecule has 1 aliphatic heterocycles. The van der Waals surface area contributed by atoms with E-state index in [1.165, 1.54) is 0 Å². The van der Waals surface area contributed by atoms with Gasteiger partial charge < -0.3 is 24.2 Å². The zero-order valence-electron chi connectivity index (χ0n) is 20.1. The summed E-state index contributed by atoms with van der Waals surface area (Å²) >= 11 is 0. The highest BCUT2D eigenvalue weighted by molar-refractivity contribution is 5.79. The van der Waals surface area contributed by atoms with E-state index >= 15 is 0 Å². The molecule has 1 heterocycles. The van der Waals surface area contributed by atoms with Gasteiger partial charge in [0.2, 0.25) is 5.91 Å². The molecule has 1 aliphatic rings. The molecule has 0 spiro atoms. The number of hydrogen-bond donors (Lipinski definition) is 1. The summed E-state index contributed by atoms with van der Waals surface area (Å²) in [6.45, 7) is 7.69. The summed E-state index contributed by atoms with van der Waals surface area (Å²) in [6.07, 6.45) is 1.20. The second kappa shape index (κ2) is 11.9. The topological polar surface area (TPSA) is 71.5 Å². The van der Waals surface area contributed by atoms with E-state index in [1.54, 1.807) is 20.3 Å². The van der Waals surface area contributed by atoms with Crippen LogP contribution in [-0.2, 0) is 22.5 Å². The minimum Gasteiger partial charge on any atom is -0.504 e. The fourth-order valence-corrected chi connectivity index (χ4v) is 4.10. The second-order valence-electron chi connectivity index (χ2n) is 8.56. The number of rotatable bonds is 10. The van der Waals surface area contributed by atoms with Gasteiger partial charge in [0.05, 0.1) is 33.4 Å². The van der Waals surface area contributed by atoms with Crippen LogP contribution in [-0.4, -0.2) is 73.4 Å². The number of carbonyl (C=O) groups excluding carboxylic acids is 1. The van der Waals surface area contributed by atoms with Crippen LogP contribution in [0.2, 0.25) is 0 Å². The normalized spacial score (nSPS) is 17.4. The average molecular weight is 457 g/mol. The number of hydrogen-bond acceptors (Lipinski definition) is 6. The molecule has 2 aromatic rings. The smallest absolute Gasteiger partial charge is 0.227 e. The summed E-state index contributed by atoms with van der Waals surface area (Å²) in [4.78, 5) is 17.5. The summed E-state index contributed by atoms with van der Waals surface area (Å²) in [5.74, 6) is 1.51. The van der Waals surface area contributed by atoms with Gasteiger partial charge in [0.1, 0.15) is 5.75 Å². The monoisotopic (exact) mass is 456 g/mol. The standard InChI is InChI=1S/C26H36N2O5/c1-5-19(2)28(26(30)15-20-6-9-22(31-3)10-7-20)18-23-17-27(12-13-33-23)16-21-8-11-24(29)25(14-21)32-4/h6-11,14,19,23,29H,5,12-13,15-18H2,1-4H3. The number of carbonyl (C=O) groups is 1. The van der Waals surface area contributed by atoms with Gasteiger partial charge in [-0.15, -0.1) is 0 Å². The van der Waals surface area contributed by atoms with Gasteiger partial charge in [-0.25, -0.2) is 0 Å². The van der Waals surface area contributed by atoms with E-state index in [0.29, 0.717) is 25.3 Å². The Kier molecular flexibility index (Phi) is 8.97. The molecule has 3 rings (SSSR count). The largest absolute Gasteiger partial charge is 0.504 e. The van der Waals surface area contributed by atoms with Gasteiger partial charge in [-0.3, -0.25) is 9.69 Å². The lowest BCUT2D eigenvalue weighted by Gasteiger charge is -2.37. The highest BCUT2D eigenvalue weighted by atomic mass is 16.5. The van der Waals surface area contributed by atoms with E-state index in [9.17, 15) is 9.90 Å². The Hall–Kier alpha value is -2.77. The van der Waals surface area contributed by atoms with Crippen molar-refractivity contribution in [2.24, 2.45) is 0 Å². The van der Waals surface area contributed by atoms with Crippen LogP contribution in [0, 0.1) is 0 Å². The highest BCUT2D eigenvalue weighted by Crippen LogP contribution is 2.27. The van der Waals surface area contributed by atoms with Crippen molar-refractivity contribution in [1.29, 1.82) is 0 Å². The van der Waals surface area contributed by atoms with Crippen molar-refractivity contribution in [3.05, 3.63) is 53.6 Å². The lowest BCUT2D eigenvalue weighted by atomic mass is 10.1. The molecule has 1 saturated heterocycles. The van der Waals surface area contributed by atoms with Crippen LogP contribution in [0.1, 0.15) is 31.4 Å². The maximum absolute atomic E-state index is 13.2. The van der Waals surface area contributed by atoms with Crippen LogP contribution in [0.5, 0.6) is 17.2 Å². The minimum absolute atomic E-state index is 0.0495. The van der Waals surface area contributed by atoms with Gasteiger partial charge in [0.25, 0.3) is 0 Å². The molecule has 2 aromatic carbocycles. The van der Waals surface area contributed by atoms with Crippen molar-refractivity contribution in [2.75, 3.05) is 40.5 Å². The second-order valence-corrected chi connectivity index (χ2v) is 8.56. The molecule has 1 amide bonds. The molecule has 2 unspecified atom stereocenters. The lowest BCUT2D eigenvalue weighted by Crippen LogP contribution is -2.50. The zero-order valence-corrected chi connectivity index (χ0v) is 20.1. The quantitative estimate of drug-likeness (QED) is 0.590. The number of morpholine rings is 1. The van der Waals surface area contributed by atoms with E-state index in [1.807, 2.05) is 41.3 Å². The third kappa shape index (κ3) is 6.85. The van der Waals surface area contributed by atoms with Crippen molar-refractivity contribution in [1.82, 2.24) is 9.80 Å². The highest BCUT2D eigenvalue weighted by Gasteiger charge is 2.27. The summed E-state index contributed by atoms with van der Waals surface area (Å²) in [6, 6.07) is 13.2. The average Bonchev–Trinajstić information content (AvgIpc) is 2.84. The molecule has 0 radical (unpaired) electrons. The first-order valence-corrected chi connectivity index (χ1v) is 11.6. The Morgan fingerprint density at radius 1 is 1.18 bits per heavy atom. The Bertz CT molecular complexity index is 902. The number of nitrogens with zero attached hydrogens (tertiary/aromatic N) is 2. The maximum atomic E-state index is 13.2. The van der Waals surface area contributed by atoms with Gasteiger partial charge in [0, 0.05) is 32.2 Å². The predicted octanol–water partition coefficient (Wildman–Crippen LogP) is 3.48. The fourth-order valence-electron chi connectivity index (χ4n) is 4.10. The van der Waals surface area contributed by atoms with Crippen molar-refractivity contribution >= 4 is 5.91 Å². The van der Waals surface area contributed by atoms with Crippen LogP contribution in [0.25, 0.3) is 0 Å². The fraction of sp³-hybridized carbons (Fsp3) is 0.500. The van der Waals surface area contributed by atoms with Crippen LogP contribution < -0.4 is 9.47 Å².